The van der Waals surface area contributed by atoms with Crippen LogP contribution in [0, 0.1) is 0 Å². The zero-order chi connectivity index (χ0) is 28.0. The number of benzene rings is 1. The zero-order valence-electron chi connectivity index (χ0n) is 22.3. The minimum absolute atomic E-state index is 0.0212. The lowest BCUT2D eigenvalue weighted by Crippen LogP contribution is -2.29. The number of hydrogen-bond donors (Lipinski definition) is 0. The van der Waals surface area contributed by atoms with Crippen molar-refractivity contribution in [2.45, 2.75) is 83.0 Å². The van der Waals surface area contributed by atoms with Gasteiger partial charge in [-0.2, -0.15) is 0 Å². The van der Waals surface area contributed by atoms with Crippen LogP contribution in [0.5, 0.6) is 5.75 Å². The number of rotatable bonds is 8. The normalized spacial score (nSPS) is 16.1. The van der Waals surface area contributed by atoms with Crippen molar-refractivity contribution in [3.8, 4) is 5.75 Å². The Morgan fingerprint density at radius 2 is 1.57 bits per heavy atom. The Bertz CT molecular complexity index is 1210. The molecule has 0 bridgehead atoms. The Hall–Kier alpha value is -3.33. The van der Waals surface area contributed by atoms with E-state index in [0.29, 0.717) is 17.6 Å². The molecule has 0 fully saturated rings. The van der Waals surface area contributed by atoms with Crippen molar-refractivity contribution in [2.75, 3.05) is 0 Å². The fourth-order valence-corrected chi connectivity index (χ4v) is 4.84. The standard InChI is InChI=1S/C28H36O8S/c1-9-11-19-17-21(13-15-23(19)33-25(29)35-27(3,4)5)37(31,32)22-14-16-24(20(18-22)12-10-2)34-26(30)36-28(6,7)8/h9-10,13-15,17-18,24H,1-2,11-12,16H2,3-8H3. The molecular formula is C28H36O8S. The summed E-state index contributed by atoms with van der Waals surface area (Å²) in [5.41, 5.74) is -0.425. The monoisotopic (exact) mass is 532 g/mol. The van der Waals surface area contributed by atoms with E-state index in [2.05, 4.69) is 13.2 Å². The molecule has 1 aromatic rings. The highest BCUT2D eigenvalue weighted by molar-refractivity contribution is 7.95. The fraction of sp³-hybridized carbons (Fsp3) is 0.429. The summed E-state index contributed by atoms with van der Waals surface area (Å²) in [6.07, 6.45) is 4.54. The molecule has 2 rings (SSSR count). The summed E-state index contributed by atoms with van der Waals surface area (Å²) in [6, 6.07) is 4.23. The van der Waals surface area contributed by atoms with Gasteiger partial charge in [-0.25, -0.2) is 18.0 Å². The van der Waals surface area contributed by atoms with Gasteiger partial charge >= 0.3 is 12.3 Å². The van der Waals surface area contributed by atoms with Crippen molar-refractivity contribution >= 4 is 22.1 Å². The topological polar surface area (TPSA) is 105 Å². The van der Waals surface area contributed by atoms with Gasteiger partial charge < -0.3 is 18.9 Å². The third-order valence-corrected chi connectivity index (χ3v) is 6.66. The zero-order valence-corrected chi connectivity index (χ0v) is 23.1. The summed E-state index contributed by atoms with van der Waals surface area (Å²) in [5, 5.41) is 0. The second-order valence-corrected chi connectivity index (χ2v) is 12.4. The molecule has 1 atom stereocenters. The number of hydrogen-bond acceptors (Lipinski definition) is 8. The lowest BCUT2D eigenvalue weighted by molar-refractivity contribution is -0.0201. The maximum atomic E-state index is 13.5. The Kier molecular flexibility index (Phi) is 9.54. The Labute approximate surface area is 219 Å². The maximum Gasteiger partial charge on any atom is 0.514 e. The van der Waals surface area contributed by atoms with Gasteiger partial charge in [0.25, 0.3) is 0 Å². The van der Waals surface area contributed by atoms with Gasteiger partial charge in [-0.3, -0.25) is 0 Å². The van der Waals surface area contributed by atoms with Crippen molar-refractivity contribution in [1.82, 2.24) is 0 Å². The quantitative estimate of drug-likeness (QED) is 0.209. The molecule has 0 radical (unpaired) electrons. The third kappa shape index (κ3) is 8.93. The first-order chi connectivity index (χ1) is 17.1. The lowest BCUT2D eigenvalue weighted by Gasteiger charge is -2.26. The van der Waals surface area contributed by atoms with Crippen LogP contribution in [0.1, 0.15) is 59.9 Å². The summed E-state index contributed by atoms with van der Waals surface area (Å²) in [5.74, 6) is 0.180. The van der Waals surface area contributed by atoms with Crippen LogP contribution in [0.15, 0.2) is 71.0 Å². The van der Waals surface area contributed by atoms with Crippen LogP contribution in [0.3, 0.4) is 0 Å². The molecule has 37 heavy (non-hydrogen) atoms. The van der Waals surface area contributed by atoms with E-state index in [0.717, 1.165) is 0 Å². The average Bonchev–Trinajstić information content (AvgIpc) is 2.73. The number of allylic oxidation sites excluding steroid dienone is 3. The molecule has 1 unspecified atom stereocenters. The highest BCUT2D eigenvalue weighted by atomic mass is 32.2. The molecule has 0 saturated carbocycles. The van der Waals surface area contributed by atoms with Crippen molar-refractivity contribution in [3.63, 3.8) is 0 Å². The number of sulfone groups is 1. The Balaban J connectivity index is 2.33. The van der Waals surface area contributed by atoms with Crippen LogP contribution in [-0.4, -0.2) is 38.0 Å². The molecule has 0 aromatic heterocycles. The van der Waals surface area contributed by atoms with E-state index in [1.807, 2.05) is 0 Å². The van der Waals surface area contributed by atoms with Crippen LogP contribution in [0.2, 0.25) is 0 Å². The van der Waals surface area contributed by atoms with Crippen molar-refractivity contribution in [1.29, 1.82) is 0 Å². The van der Waals surface area contributed by atoms with Gasteiger partial charge in [0, 0.05) is 12.0 Å². The SMILES string of the molecule is C=CCC1=CC(S(=O)(=O)c2ccc(OC(=O)OC(C)(C)C)c(CC=C)c2)=CCC1OC(=O)OC(C)(C)C. The molecule has 9 heteroatoms. The van der Waals surface area contributed by atoms with Gasteiger partial charge in [-0.15, -0.1) is 13.2 Å². The molecule has 8 nitrogen and oxygen atoms in total. The molecule has 0 N–H and O–H groups in total. The predicted molar refractivity (Wildman–Crippen MR) is 141 cm³/mol. The summed E-state index contributed by atoms with van der Waals surface area (Å²) in [4.78, 5) is 24.4. The Morgan fingerprint density at radius 3 is 2.14 bits per heavy atom. The molecule has 0 heterocycles. The molecule has 1 aliphatic carbocycles. The number of carbonyl (C=O) groups excluding carboxylic acids is 2. The maximum absolute atomic E-state index is 13.5. The molecule has 0 saturated heterocycles. The minimum atomic E-state index is -3.94. The van der Waals surface area contributed by atoms with Crippen LogP contribution >= 0.6 is 0 Å². The summed E-state index contributed by atoms with van der Waals surface area (Å²) in [7, 11) is -3.94. The number of carbonyl (C=O) groups is 2. The molecule has 202 valence electrons. The number of ether oxygens (including phenoxy) is 4. The molecular weight excluding hydrogens is 496 g/mol. The largest absolute Gasteiger partial charge is 0.514 e. The predicted octanol–water partition coefficient (Wildman–Crippen LogP) is 6.61. The smallest absolute Gasteiger partial charge is 0.429 e. The first-order valence-electron chi connectivity index (χ1n) is 11.9. The molecule has 1 aromatic carbocycles. The van der Waals surface area contributed by atoms with E-state index in [4.69, 9.17) is 18.9 Å². The highest BCUT2D eigenvalue weighted by Gasteiger charge is 2.30. The van der Waals surface area contributed by atoms with Crippen LogP contribution in [0.25, 0.3) is 0 Å². The summed E-state index contributed by atoms with van der Waals surface area (Å²) >= 11 is 0. The minimum Gasteiger partial charge on any atom is -0.429 e. The molecule has 1 aliphatic rings. The van der Waals surface area contributed by atoms with Gasteiger partial charge in [-0.1, -0.05) is 18.2 Å². The third-order valence-electron chi connectivity index (χ3n) is 4.88. The van der Waals surface area contributed by atoms with E-state index in [1.54, 1.807) is 53.7 Å². The summed E-state index contributed by atoms with van der Waals surface area (Å²) < 4.78 is 48.2. The van der Waals surface area contributed by atoms with Crippen molar-refractivity contribution in [2.24, 2.45) is 0 Å². The van der Waals surface area contributed by atoms with E-state index < -0.39 is 39.5 Å². The second-order valence-electron chi connectivity index (χ2n) is 10.5. The van der Waals surface area contributed by atoms with Gasteiger partial charge in [0.2, 0.25) is 9.84 Å². The Morgan fingerprint density at radius 1 is 0.973 bits per heavy atom. The molecule has 0 aliphatic heterocycles. The van der Waals surface area contributed by atoms with E-state index in [-0.39, 0.29) is 28.4 Å². The lowest BCUT2D eigenvalue weighted by atomic mass is 9.98. The van der Waals surface area contributed by atoms with Gasteiger partial charge in [0.15, 0.2) is 0 Å². The average molecular weight is 533 g/mol. The second kappa shape index (κ2) is 11.8. The first-order valence-corrected chi connectivity index (χ1v) is 13.3. The van der Waals surface area contributed by atoms with Gasteiger partial charge in [-0.05, 0) is 84.2 Å². The van der Waals surface area contributed by atoms with Crippen LogP contribution in [0.4, 0.5) is 9.59 Å². The van der Waals surface area contributed by atoms with Crippen LogP contribution in [-0.2, 0) is 30.5 Å². The fourth-order valence-electron chi connectivity index (χ4n) is 3.40. The van der Waals surface area contributed by atoms with Crippen LogP contribution < -0.4 is 4.74 Å². The first kappa shape index (κ1) is 29.9. The summed E-state index contributed by atoms with van der Waals surface area (Å²) in [6.45, 7) is 17.7. The van der Waals surface area contributed by atoms with E-state index in [9.17, 15) is 18.0 Å². The van der Waals surface area contributed by atoms with E-state index >= 15 is 0 Å². The van der Waals surface area contributed by atoms with Crippen molar-refractivity contribution < 1.29 is 37.0 Å². The molecule has 0 amide bonds. The highest BCUT2D eigenvalue weighted by Crippen LogP contribution is 2.33. The molecule has 0 spiro atoms. The van der Waals surface area contributed by atoms with E-state index in [1.165, 1.54) is 30.4 Å². The van der Waals surface area contributed by atoms with Gasteiger partial charge in [0.1, 0.15) is 23.1 Å². The van der Waals surface area contributed by atoms with Crippen molar-refractivity contribution in [3.05, 3.63) is 71.7 Å². The van der Waals surface area contributed by atoms with Gasteiger partial charge in [0.05, 0.1) is 9.80 Å².